The lowest BCUT2D eigenvalue weighted by atomic mass is 10.1. The van der Waals surface area contributed by atoms with Crippen molar-refractivity contribution in [1.82, 2.24) is 9.62 Å². The maximum absolute atomic E-state index is 12.0. The highest BCUT2D eigenvalue weighted by Gasteiger charge is 2.42. The molecule has 2 aliphatic heterocycles. The van der Waals surface area contributed by atoms with Crippen molar-refractivity contribution < 1.29 is 13.2 Å². The summed E-state index contributed by atoms with van der Waals surface area (Å²) in [7, 11) is -1.58. The van der Waals surface area contributed by atoms with Crippen LogP contribution in [0.25, 0.3) is 0 Å². The van der Waals surface area contributed by atoms with Crippen molar-refractivity contribution in [1.29, 1.82) is 0 Å². The maximum atomic E-state index is 12.0. The summed E-state index contributed by atoms with van der Waals surface area (Å²) in [5.74, 6) is 0.620. The lowest BCUT2D eigenvalue weighted by Crippen LogP contribution is -2.41. The minimum Gasteiger partial charge on any atom is -0.384 e. The Morgan fingerprint density at radius 1 is 1.47 bits per heavy atom. The summed E-state index contributed by atoms with van der Waals surface area (Å²) in [4.78, 5) is 0. The topological polar surface area (TPSA) is 58.6 Å². The summed E-state index contributed by atoms with van der Waals surface area (Å²) in [5, 5.41) is 3.25. The maximum Gasteiger partial charge on any atom is 0.216 e. The first-order valence-corrected chi connectivity index (χ1v) is 6.95. The van der Waals surface area contributed by atoms with E-state index in [2.05, 4.69) is 5.32 Å². The number of nitrogens with zero attached hydrogens (tertiary/aromatic N) is 1. The Bertz CT molecular complexity index is 317. The summed E-state index contributed by atoms with van der Waals surface area (Å²) in [6, 6.07) is 0.187. The number of hydrogen-bond acceptors (Lipinski definition) is 4. The SMILES string of the molecule is COCCS(=O)(=O)N1CC[C@H]2CNC[C@H]21. The second-order valence-corrected chi connectivity index (χ2v) is 6.23. The van der Waals surface area contributed by atoms with E-state index in [0.717, 1.165) is 19.5 Å². The normalized spacial score (nSPS) is 32.1. The Hall–Kier alpha value is -0.170. The Balaban J connectivity index is 2.04. The van der Waals surface area contributed by atoms with Crippen molar-refractivity contribution in [3.8, 4) is 0 Å². The molecule has 0 spiro atoms. The summed E-state index contributed by atoms with van der Waals surface area (Å²) in [6.07, 6.45) is 0.990. The van der Waals surface area contributed by atoms with Gasteiger partial charge in [0.1, 0.15) is 0 Å². The molecule has 0 bridgehead atoms. The van der Waals surface area contributed by atoms with Gasteiger partial charge < -0.3 is 10.1 Å². The van der Waals surface area contributed by atoms with Crippen LogP contribution >= 0.6 is 0 Å². The zero-order chi connectivity index (χ0) is 10.9. The van der Waals surface area contributed by atoms with E-state index in [1.54, 1.807) is 4.31 Å². The van der Waals surface area contributed by atoms with Crippen LogP contribution in [0, 0.1) is 5.92 Å². The fraction of sp³-hybridized carbons (Fsp3) is 1.00. The number of fused-ring (bicyclic) bond motifs is 1. The van der Waals surface area contributed by atoms with Crippen LogP contribution in [0.5, 0.6) is 0 Å². The summed E-state index contributed by atoms with van der Waals surface area (Å²) in [6.45, 7) is 2.73. The van der Waals surface area contributed by atoms with Gasteiger partial charge in [-0.3, -0.25) is 0 Å². The average Bonchev–Trinajstić information content (AvgIpc) is 2.74. The smallest absolute Gasteiger partial charge is 0.216 e. The lowest BCUT2D eigenvalue weighted by molar-refractivity contribution is 0.215. The molecule has 2 heterocycles. The van der Waals surface area contributed by atoms with Crippen LogP contribution < -0.4 is 5.32 Å². The molecule has 0 aromatic heterocycles. The third-order valence-corrected chi connectivity index (χ3v) is 5.15. The van der Waals surface area contributed by atoms with E-state index in [1.807, 2.05) is 0 Å². The van der Waals surface area contributed by atoms with Crippen LogP contribution in [0.1, 0.15) is 6.42 Å². The van der Waals surface area contributed by atoms with Gasteiger partial charge in [0, 0.05) is 26.2 Å². The first-order valence-electron chi connectivity index (χ1n) is 5.34. The molecule has 15 heavy (non-hydrogen) atoms. The molecule has 2 atom stereocenters. The number of rotatable bonds is 4. The molecule has 0 aliphatic carbocycles. The van der Waals surface area contributed by atoms with E-state index in [4.69, 9.17) is 4.74 Å². The number of nitrogens with one attached hydrogen (secondary N) is 1. The second-order valence-electron chi connectivity index (χ2n) is 4.19. The highest BCUT2D eigenvalue weighted by molar-refractivity contribution is 7.89. The van der Waals surface area contributed by atoms with Crippen molar-refractivity contribution >= 4 is 10.0 Å². The minimum absolute atomic E-state index is 0.104. The van der Waals surface area contributed by atoms with Gasteiger partial charge in [0.2, 0.25) is 10.0 Å². The van der Waals surface area contributed by atoms with Gasteiger partial charge in [-0.05, 0) is 18.9 Å². The molecule has 2 saturated heterocycles. The van der Waals surface area contributed by atoms with E-state index < -0.39 is 10.0 Å². The molecular formula is C9H18N2O3S. The quantitative estimate of drug-likeness (QED) is 0.696. The van der Waals surface area contributed by atoms with Crippen molar-refractivity contribution in [3.05, 3.63) is 0 Å². The molecule has 88 valence electrons. The summed E-state index contributed by atoms with van der Waals surface area (Å²) < 4.78 is 30.4. The van der Waals surface area contributed by atoms with Crippen LogP contribution in [-0.4, -0.2) is 57.9 Å². The summed E-state index contributed by atoms with van der Waals surface area (Å²) in [5.41, 5.74) is 0. The van der Waals surface area contributed by atoms with Crippen LogP contribution in [0.3, 0.4) is 0 Å². The molecule has 0 amide bonds. The molecule has 0 saturated carbocycles. The lowest BCUT2D eigenvalue weighted by Gasteiger charge is -2.22. The molecule has 2 rings (SSSR count). The third-order valence-electron chi connectivity index (χ3n) is 3.30. The van der Waals surface area contributed by atoms with Crippen molar-refractivity contribution in [2.45, 2.75) is 12.5 Å². The molecule has 2 fully saturated rings. The van der Waals surface area contributed by atoms with Gasteiger partial charge in [-0.2, -0.15) is 4.31 Å². The van der Waals surface area contributed by atoms with Crippen LogP contribution in [0.15, 0.2) is 0 Å². The number of methoxy groups -OCH3 is 1. The van der Waals surface area contributed by atoms with E-state index in [9.17, 15) is 8.42 Å². The first kappa shape index (κ1) is 11.3. The van der Waals surface area contributed by atoms with E-state index in [-0.39, 0.29) is 18.4 Å². The molecule has 0 aromatic rings. The standard InChI is InChI=1S/C9H18N2O3S/c1-14-4-5-15(12,13)11-3-2-8-6-10-7-9(8)11/h8-10H,2-7H2,1H3/t8-,9+/m0/s1. The fourth-order valence-corrected chi connectivity index (χ4v) is 4.12. The molecular weight excluding hydrogens is 216 g/mol. The Morgan fingerprint density at radius 2 is 2.27 bits per heavy atom. The molecule has 5 nitrogen and oxygen atoms in total. The van der Waals surface area contributed by atoms with Gasteiger partial charge in [-0.15, -0.1) is 0 Å². The van der Waals surface area contributed by atoms with Gasteiger partial charge in [-0.1, -0.05) is 0 Å². The predicted molar refractivity (Wildman–Crippen MR) is 57.1 cm³/mol. The van der Waals surface area contributed by atoms with Gasteiger partial charge >= 0.3 is 0 Å². The summed E-state index contributed by atoms with van der Waals surface area (Å²) >= 11 is 0. The van der Waals surface area contributed by atoms with Gasteiger partial charge in [0.05, 0.1) is 12.4 Å². The predicted octanol–water partition coefficient (Wildman–Crippen LogP) is -0.744. The Kier molecular flexibility index (Phi) is 3.30. The minimum atomic E-state index is -3.11. The zero-order valence-electron chi connectivity index (χ0n) is 8.98. The molecule has 2 aliphatic rings. The molecule has 6 heteroatoms. The number of sulfonamides is 1. The van der Waals surface area contributed by atoms with Crippen LogP contribution in [-0.2, 0) is 14.8 Å². The molecule has 1 N–H and O–H groups in total. The third kappa shape index (κ3) is 2.18. The van der Waals surface area contributed by atoms with Crippen LogP contribution in [0.4, 0.5) is 0 Å². The van der Waals surface area contributed by atoms with Crippen molar-refractivity contribution in [2.75, 3.05) is 39.1 Å². The van der Waals surface area contributed by atoms with E-state index >= 15 is 0 Å². The molecule has 0 radical (unpaired) electrons. The van der Waals surface area contributed by atoms with Gasteiger partial charge in [0.15, 0.2) is 0 Å². The van der Waals surface area contributed by atoms with Crippen LogP contribution in [0.2, 0.25) is 0 Å². The van der Waals surface area contributed by atoms with Crippen molar-refractivity contribution in [2.24, 2.45) is 5.92 Å². The van der Waals surface area contributed by atoms with E-state index in [1.165, 1.54) is 7.11 Å². The second kappa shape index (κ2) is 4.37. The molecule has 0 unspecified atom stereocenters. The number of ether oxygens (including phenoxy) is 1. The van der Waals surface area contributed by atoms with Gasteiger partial charge in [-0.25, -0.2) is 8.42 Å². The molecule has 0 aromatic carbocycles. The Labute approximate surface area is 90.8 Å². The largest absolute Gasteiger partial charge is 0.384 e. The Morgan fingerprint density at radius 3 is 3.00 bits per heavy atom. The van der Waals surface area contributed by atoms with Gasteiger partial charge in [0.25, 0.3) is 0 Å². The monoisotopic (exact) mass is 234 g/mol. The first-order chi connectivity index (χ1) is 7.15. The fourth-order valence-electron chi connectivity index (χ4n) is 2.46. The number of hydrogen-bond donors (Lipinski definition) is 1. The van der Waals surface area contributed by atoms with Crippen molar-refractivity contribution in [3.63, 3.8) is 0 Å². The zero-order valence-corrected chi connectivity index (χ0v) is 9.79. The highest BCUT2D eigenvalue weighted by atomic mass is 32.2. The van der Waals surface area contributed by atoms with E-state index in [0.29, 0.717) is 12.5 Å². The average molecular weight is 234 g/mol. The highest BCUT2D eigenvalue weighted by Crippen LogP contribution is 2.29.